The number of ether oxygens (including phenoxy) is 3. The molecule has 198 valence electrons. The van der Waals surface area contributed by atoms with E-state index in [0.29, 0.717) is 32.5 Å². The normalized spacial score (nSPS) is 42.9. The first-order valence-corrected chi connectivity index (χ1v) is 13.2. The SMILES string of the molecule is CCOC(CO[C@@H]1C[C@H]2[C@@H]3CCC4=CC(=O)CC[C@]4(C)[C@H]3[C@@H](O)C[C@]2(C)[C@@]1(O)C(=O)CO)OCC. The Morgan fingerprint density at radius 1 is 1.20 bits per heavy atom. The van der Waals surface area contributed by atoms with E-state index in [1.54, 1.807) is 6.08 Å². The predicted octanol–water partition coefficient (Wildman–Crippen LogP) is 2.18. The second-order valence-electron chi connectivity index (χ2n) is 11.3. The number of hydrogen-bond acceptors (Lipinski definition) is 8. The van der Waals surface area contributed by atoms with E-state index in [0.717, 1.165) is 18.4 Å². The minimum absolute atomic E-state index is 0.0551. The van der Waals surface area contributed by atoms with Gasteiger partial charge in [-0.2, -0.15) is 0 Å². The van der Waals surface area contributed by atoms with Crippen molar-refractivity contribution in [3.8, 4) is 0 Å². The largest absolute Gasteiger partial charge is 0.393 e. The Kier molecular flexibility index (Phi) is 7.65. The number of Topliss-reactive ketones (excluding diaryl/α,β-unsaturated/α-hetero) is 1. The first-order valence-electron chi connectivity index (χ1n) is 13.2. The van der Waals surface area contributed by atoms with E-state index in [9.17, 15) is 24.9 Å². The molecule has 0 bridgehead atoms. The Morgan fingerprint density at radius 3 is 2.51 bits per heavy atom. The molecular weight excluding hydrogens is 452 g/mol. The number of carbonyl (C=O) groups is 2. The van der Waals surface area contributed by atoms with Crippen molar-refractivity contribution in [2.75, 3.05) is 26.4 Å². The van der Waals surface area contributed by atoms with E-state index in [4.69, 9.17) is 14.2 Å². The number of hydrogen-bond donors (Lipinski definition) is 3. The number of ketones is 2. The van der Waals surface area contributed by atoms with Crippen molar-refractivity contribution in [1.29, 1.82) is 0 Å². The van der Waals surface area contributed by atoms with Crippen molar-refractivity contribution in [1.82, 2.24) is 0 Å². The van der Waals surface area contributed by atoms with Crippen LogP contribution in [0.3, 0.4) is 0 Å². The number of carbonyl (C=O) groups excluding carboxylic acids is 2. The van der Waals surface area contributed by atoms with Gasteiger partial charge >= 0.3 is 0 Å². The van der Waals surface area contributed by atoms with Crippen molar-refractivity contribution in [2.45, 2.75) is 90.3 Å². The highest BCUT2D eigenvalue weighted by molar-refractivity contribution is 5.92. The van der Waals surface area contributed by atoms with Gasteiger partial charge in [-0.3, -0.25) is 9.59 Å². The summed E-state index contributed by atoms with van der Waals surface area (Å²) in [6.45, 7) is 7.88. The summed E-state index contributed by atoms with van der Waals surface area (Å²) in [4.78, 5) is 25.2. The molecule has 0 spiro atoms. The zero-order valence-electron chi connectivity index (χ0n) is 21.5. The van der Waals surface area contributed by atoms with Crippen molar-refractivity contribution < 1.29 is 39.1 Å². The molecule has 35 heavy (non-hydrogen) atoms. The summed E-state index contributed by atoms with van der Waals surface area (Å²) in [6, 6.07) is 0. The standard InChI is InChI=1S/C27H42O8/c1-5-33-23(34-6-2)15-35-22-12-19-18-8-7-16-11-17(29)9-10-25(16,3)24(18)20(30)13-26(19,4)27(22,32)21(31)14-28/h11,18-20,22-24,28,30,32H,5-10,12-15H2,1-4H3/t18-,19-,20-,22+,24+,25-,26-,27+/m0/s1. The molecule has 8 atom stereocenters. The Morgan fingerprint density at radius 2 is 1.89 bits per heavy atom. The second-order valence-corrected chi connectivity index (χ2v) is 11.3. The molecule has 0 saturated heterocycles. The van der Waals surface area contributed by atoms with Crippen LogP contribution in [0.4, 0.5) is 0 Å². The van der Waals surface area contributed by atoms with E-state index in [2.05, 4.69) is 6.92 Å². The van der Waals surface area contributed by atoms with Gasteiger partial charge in [0, 0.05) is 25.0 Å². The topological polar surface area (TPSA) is 123 Å². The summed E-state index contributed by atoms with van der Waals surface area (Å²) in [5.74, 6) is -0.578. The van der Waals surface area contributed by atoms with Crippen molar-refractivity contribution in [3.63, 3.8) is 0 Å². The van der Waals surface area contributed by atoms with Gasteiger partial charge < -0.3 is 29.5 Å². The van der Waals surface area contributed by atoms with Crippen LogP contribution in [0.25, 0.3) is 0 Å². The highest BCUT2D eigenvalue weighted by Crippen LogP contribution is 2.68. The van der Waals surface area contributed by atoms with Crippen LogP contribution in [0, 0.1) is 28.6 Å². The van der Waals surface area contributed by atoms with Crippen LogP contribution in [0.15, 0.2) is 11.6 Å². The molecule has 0 radical (unpaired) electrons. The molecule has 4 aliphatic carbocycles. The summed E-state index contributed by atoms with van der Waals surface area (Å²) < 4.78 is 17.3. The number of aliphatic hydroxyl groups is 3. The molecule has 8 heteroatoms. The smallest absolute Gasteiger partial charge is 0.192 e. The third-order valence-electron chi connectivity index (χ3n) is 9.80. The van der Waals surface area contributed by atoms with Gasteiger partial charge in [0.1, 0.15) is 6.61 Å². The maximum atomic E-state index is 13.1. The molecule has 0 amide bonds. The van der Waals surface area contributed by atoms with Crippen molar-refractivity contribution in [3.05, 3.63) is 11.6 Å². The third-order valence-corrected chi connectivity index (χ3v) is 9.80. The molecule has 0 aromatic carbocycles. The van der Waals surface area contributed by atoms with Crippen LogP contribution in [-0.4, -0.2) is 77.4 Å². The molecule has 0 aliphatic heterocycles. The molecule has 0 aromatic rings. The van der Waals surface area contributed by atoms with E-state index < -0.39 is 41.9 Å². The van der Waals surface area contributed by atoms with Crippen LogP contribution < -0.4 is 0 Å². The van der Waals surface area contributed by atoms with Crippen LogP contribution in [0.5, 0.6) is 0 Å². The van der Waals surface area contributed by atoms with Crippen LogP contribution in [0.2, 0.25) is 0 Å². The highest BCUT2D eigenvalue weighted by Gasteiger charge is 2.72. The maximum Gasteiger partial charge on any atom is 0.192 e. The van der Waals surface area contributed by atoms with Crippen LogP contribution in [-0.2, 0) is 23.8 Å². The Balaban J connectivity index is 1.67. The quantitative estimate of drug-likeness (QED) is 0.417. The van der Waals surface area contributed by atoms with E-state index >= 15 is 0 Å². The molecule has 8 nitrogen and oxygen atoms in total. The fraction of sp³-hybridized carbons (Fsp3) is 0.852. The summed E-state index contributed by atoms with van der Waals surface area (Å²) >= 11 is 0. The average molecular weight is 495 g/mol. The van der Waals surface area contributed by atoms with Gasteiger partial charge in [-0.15, -0.1) is 0 Å². The van der Waals surface area contributed by atoms with Crippen LogP contribution >= 0.6 is 0 Å². The molecule has 3 N–H and O–H groups in total. The van der Waals surface area contributed by atoms with E-state index in [-0.39, 0.29) is 42.0 Å². The lowest BCUT2D eigenvalue weighted by Crippen LogP contribution is -2.64. The number of aliphatic hydroxyl groups excluding tert-OH is 2. The lowest BCUT2D eigenvalue weighted by molar-refractivity contribution is -0.214. The minimum atomic E-state index is -1.93. The monoisotopic (exact) mass is 494 g/mol. The Hall–Kier alpha value is -1.16. The number of rotatable bonds is 9. The van der Waals surface area contributed by atoms with Crippen molar-refractivity contribution >= 4 is 11.6 Å². The fourth-order valence-corrected chi connectivity index (χ4v) is 8.19. The minimum Gasteiger partial charge on any atom is -0.393 e. The zero-order valence-corrected chi connectivity index (χ0v) is 21.5. The highest BCUT2D eigenvalue weighted by atomic mass is 16.7. The molecule has 4 rings (SSSR count). The second kappa shape index (κ2) is 9.95. The molecular formula is C27H42O8. The fourth-order valence-electron chi connectivity index (χ4n) is 8.19. The molecule has 3 saturated carbocycles. The van der Waals surface area contributed by atoms with Gasteiger partial charge in [0.15, 0.2) is 23.5 Å². The zero-order chi connectivity index (χ0) is 25.6. The third kappa shape index (κ3) is 4.14. The maximum absolute atomic E-state index is 13.1. The van der Waals surface area contributed by atoms with E-state index in [1.807, 2.05) is 20.8 Å². The summed E-state index contributed by atoms with van der Waals surface area (Å²) in [7, 11) is 0. The number of allylic oxidation sites excluding steroid dienone is 1. The van der Waals surface area contributed by atoms with Gasteiger partial charge in [-0.1, -0.05) is 19.4 Å². The first kappa shape index (κ1) is 26.9. The molecule has 0 aromatic heterocycles. The summed E-state index contributed by atoms with van der Waals surface area (Å²) in [5, 5.41) is 33.4. The van der Waals surface area contributed by atoms with Gasteiger partial charge in [-0.05, 0) is 75.2 Å². The predicted molar refractivity (Wildman–Crippen MR) is 127 cm³/mol. The molecule has 0 heterocycles. The van der Waals surface area contributed by atoms with Gasteiger partial charge in [-0.25, -0.2) is 0 Å². The number of fused-ring (bicyclic) bond motifs is 5. The van der Waals surface area contributed by atoms with Crippen LogP contribution in [0.1, 0.15) is 66.2 Å². The lowest BCUT2D eigenvalue weighted by atomic mass is 9.45. The summed E-state index contributed by atoms with van der Waals surface area (Å²) in [5.41, 5.74) is -2.03. The summed E-state index contributed by atoms with van der Waals surface area (Å²) in [6.07, 6.45) is 3.02. The first-order chi connectivity index (χ1) is 16.6. The van der Waals surface area contributed by atoms with Gasteiger partial charge in [0.25, 0.3) is 0 Å². The molecule has 3 fully saturated rings. The average Bonchev–Trinajstić information content (AvgIpc) is 3.04. The van der Waals surface area contributed by atoms with Crippen molar-refractivity contribution in [2.24, 2.45) is 28.6 Å². The Labute approximate surface area is 208 Å². The lowest BCUT2D eigenvalue weighted by Gasteiger charge is -2.60. The Bertz CT molecular complexity index is 850. The van der Waals surface area contributed by atoms with Gasteiger partial charge in [0.05, 0.1) is 18.8 Å². The van der Waals surface area contributed by atoms with Gasteiger partial charge in [0.2, 0.25) is 0 Å². The molecule has 0 unspecified atom stereocenters. The molecule has 4 aliphatic rings. The van der Waals surface area contributed by atoms with E-state index in [1.165, 1.54) is 0 Å².